The van der Waals surface area contributed by atoms with Crippen LogP contribution in [0.5, 0.6) is 0 Å². The Morgan fingerprint density at radius 2 is 1.78 bits per heavy atom. The highest BCUT2D eigenvalue weighted by Crippen LogP contribution is 2.46. The Bertz CT molecular complexity index is 1050. The van der Waals surface area contributed by atoms with Gasteiger partial charge >= 0.3 is 6.09 Å². The molecule has 1 unspecified atom stereocenters. The van der Waals surface area contributed by atoms with Crippen LogP contribution in [-0.2, 0) is 16.0 Å². The molecule has 1 aliphatic rings. The SMILES string of the molecule is CC1CCc2c1sc(NC(=O)[C@H](C)NC(=O)OC(C)(C)C)c2C(=O)c1c(F)cccc1F. The van der Waals surface area contributed by atoms with Gasteiger partial charge in [-0.2, -0.15) is 0 Å². The molecule has 0 aliphatic heterocycles. The molecule has 172 valence electrons. The molecule has 9 heteroatoms. The number of carbonyl (C=O) groups is 3. The molecule has 1 aromatic heterocycles. The molecule has 2 N–H and O–H groups in total. The lowest BCUT2D eigenvalue weighted by atomic mass is 9.99. The number of ketones is 1. The van der Waals surface area contributed by atoms with Crippen LogP contribution in [0, 0.1) is 11.6 Å². The second-order valence-corrected chi connectivity index (χ2v) is 9.92. The summed E-state index contributed by atoms with van der Waals surface area (Å²) in [6, 6.07) is 2.27. The number of amides is 2. The van der Waals surface area contributed by atoms with E-state index in [2.05, 4.69) is 10.6 Å². The molecule has 0 radical (unpaired) electrons. The third kappa shape index (κ3) is 4.98. The van der Waals surface area contributed by atoms with Gasteiger partial charge in [-0.15, -0.1) is 11.3 Å². The van der Waals surface area contributed by atoms with Crippen LogP contribution < -0.4 is 10.6 Å². The number of hydrogen-bond donors (Lipinski definition) is 2. The third-order valence-electron chi connectivity index (χ3n) is 5.09. The Morgan fingerprint density at radius 3 is 2.38 bits per heavy atom. The minimum atomic E-state index is -0.965. The van der Waals surface area contributed by atoms with Gasteiger partial charge in [0, 0.05) is 4.88 Å². The van der Waals surface area contributed by atoms with Gasteiger partial charge in [-0.25, -0.2) is 13.6 Å². The number of alkyl carbamates (subject to hydrolysis) is 1. The van der Waals surface area contributed by atoms with Crippen molar-refractivity contribution < 1.29 is 27.9 Å². The number of fused-ring (bicyclic) bond motifs is 1. The number of rotatable bonds is 5. The Morgan fingerprint density at radius 1 is 1.16 bits per heavy atom. The summed E-state index contributed by atoms with van der Waals surface area (Å²) in [5, 5.41) is 5.32. The lowest BCUT2D eigenvalue weighted by Gasteiger charge is -2.21. The van der Waals surface area contributed by atoms with Crippen LogP contribution in [0.25, 0.3) is 0 Å². The monoisotopic (exact) mass is 464 g/mol. The van der Waals surface area contributed by atoms with Gasteiger partial charge < -0.3 is 15.4 Å². The number of benzene rings is 1. The summed E-state index contributed by atoms with van der Waals surface area (Å²) in [6.07, 6.45) is 0.629. The van der Waals surface area contributed by atoms with Crippen LogP contribution in [0.4, 0.5) is 18.6 Å². The second kappa shape index (κ2) is 8.97. The summed E-state index contributed by atoms with van der Waals surface area (Å²) in [6.45, 7) is 8.57. The fourth-order valence-electron chi connectivity index (χ4n) is 3.56. The highest BCUT2D eigenvalue weighted by Gasteiger charge is 2.34. The van der Waals surface area contributed by atoms with Gasteiger partial charge in [0.1, 0.15) is 28.3 Å². The van der Waals surface area contributed by atoms with E-state index in [1.165, 1.54) is 24.3 Å². The number of nitrogens with one attached hydrogen (secondary N) is 2. The molecule has 2 aromatic rings. The van der Waals surface area contributed by atoms with Crippen LogP contribution in [0.3, 0.4) is 0 Å². The van der Waals surface area contributed by atoms with Gasteiger partial charge in [-0.1, -0.05) is 13.0 Å². The first-order chi connectivity index (χ1) is 14.9. The van der Waals surface area contributed by atoms with Gasteiger partial charge in [0.25, 0.3) is 0 Å². The van der Waals surface area contributed by atoms with Crippen LogP contribution in [0.1, 0.15) is 73.3 Å². The van der Waals surface area contributed by atoms with Gasteiger partial charge in [-0.05, 0) is 64.2 Å². The second-order valence-electron chi connectivity index (χ2n) is 8.87. The number of thiophene rings is 1. The van der Waals surface area contributed by atoms with Crippen molar-refractivity contribution in [1.29, 1.82) is 0 Å². The highest BCUT2D eigenvalue weighted by atomic mass is 32.1. The number of ether oxygens (including phenoxy) is 1. The summed E-state index contributed by atoms with van der Waals surface area (Å²) in [7, 11) is 0. The first-order valence-electron chi connectivity index (χ1n) is 10.3. The molecule has 0 spiro atoms. The predicted molar refractivity (Wildman–Crippen MR) is 118 cm³/mol. The minimum Gasteiger partial charge on any atom is -0.444 e. The van der Waals surface area contributed by atoms with Gasteiger partial charge in [0.05, 0.1) is 11.1 Å². The van der Waals surface area contributed by atoms with Crippen LogP contribution in [-0.4, -0.2) is 29.4 Å². The normalized spacial score (nSPS) is 16.3. The molecule has 0 saturated carbocycles. The molecule has 1 heterocycles. The van der Waals surface area contributed by atoms with E-state index in [1.807, 2.05) is 6.92 Å². The average Bonchev–Trinajstić information content (AvgIpc) is 3.18. The molecule has 0 fully saturated rings. The zero-order chi connectivity index (χ0) is 23.8. The molecule has 6 nitrogen and oxygen atoms in total. The van der Waals surface area contributed by atoms with Crippen molar-refractivity contribution in [2.24, 2.45) is 0 Å². The summed E-state index contributed by atoms with van der Waals surface area (Å²) in [5.41, 5.74) is -0.563. The van der Waals surface area contributed by atoms with Crippen molar-refractivity contribution in [2.75, 3.05) is 5.32 Å². The summed E-state index contributed by atoms with van der Waals surface area (Å²) in [4.78, 5) is 38.8. The molecule has 1 aliphatic carbocycles. The maximum atomic E-state index is 14.3. The van der Waals surface area contributed by atoms with E-state index in [4.69, 9.17) is 4.74 Å². The van der Waals surface area contributed by atoms with E-state index in [9.17, 15) is 23.2 Å². The van der Waals surface area contributed by atoms with Gasteiger partial charge in [0.2, 0.25) is 11.7 Å². The summed E-state index contributed by atoms with van der Waals surface area (Å²) in [5.74, 6) is -3.15. The fraction of sp³-hybridized carbons (Fsp3) is 0.435. The van der Waals surface area contributed by atoms with E-state index in [0.29, 0.717) is 12.0 Å². The standard InChI is InChI=1S/C23H26F2N2O4S/c1-11-9-10-13-16(18(28)17-14(24)7-6-8-15(17)25)21(32-19(11)13)27-20(29)12(2)26-22(30)31-23(3,4)5/h6-8,11-12H,9-10H2,1-5H3,(H,26,30)(H,27,29)/t11?,12-/m0/s1. The van der Waals surface area contributed by atoms with Crippen molar-refractivity contribution in [3.05, 3.63) is 51.4 Å². The molecule has 0 bridgehead atoms. The van der Waals surface area contributed by atoms with Crippen molar-refractivity contribution >= 4 is 34.1 Å². The Hall–Kier alpha value is -2.81. The summed E-state index contributed by atoms with van der Waals surface area (Å²) >= 11 is 1.22. The average molecular weight is 465 g/mol. The largest absolute Gasteiger partial charge is 0.444 e. The Balaban J connectivity index is 1.89. The van der Waals surface area contributed by atoms with E-state index in [-0.39, 0.29) is 16.5 Å². The molecule has 1 aromatic carbocycles. The fourth-order valence-corrected chi connectivity index (χ4v) is 4.89. The molecular formula is C23H26F2N2O4S. The Kier molecular flexibility index (Phi) is 6.69. The van der Waals surface area contributed by atoms with Gasteiger partial charge in [0.15, 0.2) is 0 Å². The smallest absolute Gasteiger partial charge is 0.408 e. The van der Waals surface area contributed by atoms with Crippen LogP contribution in [0.15, 0.2) is 18.2 Å². The first kappa shape index (κ1) is 23.8. The first-order valence-corrected chi connectivity index (χ1v) is 11.1. The lowest BCUT2D eigenvalue weighted by Crippen LogP contribution is -2.44. The maximum absolute atomic E-state index is 14.3. The number of hydrogen-bond acceptors (Lipinski definition) is 5. The highest BCUT2D eigenvalue weighted by molar-refractivity contribution is 7.17. The van der Waals surface area contributed by atoms with Crippen LogP contribution in [0.2, 0.25) is 0 Å². The van der Waals surface area contributed by atoms with Crippen molar-refractivity contribution in [2.45, 2.75) is 65.0 Å². The van der Waals surface area contributed by atoms with Crippen molar-refractivity contribution in [3.63, 3.8) is 0 Å². The maximum Gasteiger partial charge on any atom is 0.408 e. The van der Waals surface area contributed by atoms with Crippen molar-refractivity contribution in [3.8, 4) is 0 Å². The third-order valence-corrected chi connectivity index (χ3v) is 6.47. The minimum absolute atomic E-state index is 0.108. The van der Waals surface area contributed by atoms with Gasteiger partial charge in [-0.3, -0.25) is 9.59 Å². The molecule has 3 rings (SSSR count). The number of carbonyl (C=O) groups excluding carboxylic acids is 3. The topological polar surface area (TPSA) is 84.5 Å². The summed E-state index contributed by atoms with van der Waals surface area (Å²) < 4.78 is 33.8. The molecule has 2 amide bonds. The quantitative estimate of drug-likeness (QED) is 0.599. The molecular weight excluding hydrogens is 438 g/mol. The number of anilines is 1. The molecule has 32 heavy (non-hydrogen) atoms. The van der Waals surface area contributed by atoms with E-state index in [1.54, 1.807) is 20.8 Å². The van der Waals surface area contributed by atoms with E-state index < -0.39 is 46.6 Å². The van der Waals surface area contributed by atoms with E-state index >= 15 is 0 Å². The molecule has 2 atom stereocenters. The molecule has 0 saturated heterocycles. The van der Waals surface area contributed by atoms with Crippen molar-refractivity contribution in [1.82, 2.24) is 5.32 Å². The zero-order valence-corrected chi connectivity index (χ0v) is 19.4. The Labute approximate surface area is 189 Å². The van der Waals surface area contributed by atoms with E-state index in [0.717, 1.165) is 23.4 Å². The van der Waals surface area contributed by atoms with Crippen LogP contribution >= 0.6 is 11.3 Å². The predicted octanol–water partition coefficient (Wildman–Crippen LogP) is 5.16. The number of halogens is 2. The lowest BCUT2D eigenvalue weighted by molar-refractivity contribution is -0.117. The zero-order valence-electron chi connectivity index (χ0n) is 18.6.